The summed E-state index contributed by atoms with van der Waals surface area (Å²) in [7, 11) is 0. The number of hydrogen-bond acceptors (Lipinski definition) is 3. The second kappa shape index (κ2) is 2.77. The highest BCUT2D eigenvalue weighted by Crippen LogP contribution is 2.24. The van der Waals surface area contributed by atoms with Crippen LogP contribution in [0, 0.1) is 5.82 Å². The zero-order valence-corrected chi connectivity index (χ0v) is 7.14. The number of fused-ring (bicyclic) bond motifs is 1. The van der Waals surface area contributed by atoms with Crippen LogP contribution < -0.4 is 0 Å². The van der Waals surface area contributed by atoms with Crippen LogP contribution in [-0.4, -0.2) is 16.1 Å². The summed E-state index contributed by atoms with van der Waals surface area (Å²) in [6.07, 6.45) is 0. The molecular formula is C8H4FNO2S. The summed E-state index contributed by atoms with van der Waals surface area (Å²) in [6, 6.07) is 4.37. The summed E-state index contributed by atoms with van der Waals surface area (Å²) < 4.78 is 13.3. The van der Waals surface area contributed by atoms with Crippen LogP contribution in [0.25, 0.3) is 10.2 Å². The summed E-state index contributed by atoms with van der Waals surface area (Å²) in [5.41, 5.74) is 0.391. The highest BCUT2D eigenvalue weighted by molar-refractivity contribution is 7.20. The van der Waals surface area contributed by atoms with Crippen LogP contribution in [0.4, 0.5) is 4.39 Å². The molecule has 0 aliphatic heterocycles. The van der Waals surface area contributed by atoms with Gasteiger partial charge in [0.1, 0.15) is 5.82 Å². The van der Waals surface area contributed by atoms with Crippen molar-refractivity contribution in [3.05, 3.63) is 29.0 Å². The van der Waals surface area contributed by atoms with Crippen LogP contribution >= 0.6 is 11.3 Å². The number of aromatic carboxylic acids is 1. The molecule has 13 heavy (non-hydrogen) atoms. The van der Waals surface area contributed by atoms with Crippen LogP contribution in [0.5, 0.6) is 0 Å². The lowest BCUT2D eigenvalue weighted by Gasteiger charge is -1.86. The van der Waals surface area contributed by atoms with Crippen molar-refractivity contribution in [2.75, 3.05) is 0 Å². The van der Waals surface area contributed by atoms with Gasteiger partial charge in [-0.1, -0.05) is 6.07 Å². The predicted octanol–water partition coefficient (Wildman–Crippen LogP) is 2.13. The second-order valence-corrected chi connectivity index (χ2v) is 3.41. The largest absolute Gasteiger partial charge is 0.476 e. The molecule has 0 aliphatic rings. The van der Waals surface area contributed by atoms with E-state index in [1.807, 2.05) is 0 Å². The molecule has 1 aromatic carbocycles. The van der Waals surface area contributed by atoms with Crippen LogP contribution in [-0.2, 0) is 0 Å². The van der Waals surface area contributed by atoms with Gasteiger partial charge in [0.05, 0.1) is 10.2 Å². The van der Waals surface area contributed by atoms with Gasteiger partial charge in [-0.25, -0.2) is 14.2 Å². The Bertz CT molecular complexity index is 480. The van der Waals surface area contributed by atoms with Gasteiger partial charge in [-0.3, -0.25) is 0 Å². The van der Waals surface area contributed by atoms with Crippen molar-refractivity contribution >= 4 is 27.5 Å². The van der Waals surface area contributed by atoms with Gasteiger partial charge in [0.25, 0.3) is 0 Å². The fourth-order valence-corrected chi connectivity index (χ4v) is 1.82. The van der Waals surface area contributed by atoms with Gasteiger partial charge >= 0.3 is 5.97 Å². The third-order valence-electron chi connectivity index (χ3n) is 1.55. The lowest BCUT2D eigenvalue weighted by Crippen LogP contribution is -1.93. The molecule has 0 amide bonds. The number of carbonyl (C=O) groups is 1. The molecule has 5 heteroatoms. The molecule has 0 radical (unpaired) electrons. The molecule has 0 spiro atoms. The highest BCUT2D eigenvalue weighted by Gasteiger charge is 2.12. The van der Waals surface area contributed by atoms with Crippen molar-refractivity contribution in [3.8, 4) is 0 Å². The number of hydrogen-bond donors (Lipinski definition) is 1. The number of nitrogens with zero attached hydrogens (tertiary/aromatic N) is 1. The third-order valence-corrected chi connectivity index (χ3v) is 2.62. The molecule has 0 atom stereocenters. The summed E-state index contributed by atoms with van der Waals surface area (Å²) in [6.45, 7) is 0. The molecule has 2 aromatic rings. The van der Waals surface area contributed by atoms with Gasteiger partial charge in [0, 0.05) is 0 Å². The van der Waals surface area contributed by atoms with Gasteiger partial charge < -0.3 is 5.11 Å². The van der Waals surface area contributed by atoms with Gasteiger partial charge in [0.2, 0.25) is 5.01 Å². The molecule has 0 unspecified atom stereocenters. The Kier molecular flexibility index (Phi) is 1.73. The Morgan fingerprint density at radius 1 is 1.54 bits per heavy atom. The van der Waals surface area contributed by atoms with Crippen molar-refractivity contribution < 1.29 is 14.3 Å². The van der Waals surface area contributed by atoms with Crippen molar-refractivity contribution in [2.24, 2.45) is 0 Å². The van der Waals surface area contributed by atoms with Crippen molar-refractivity contribution in [3.63, 3.8) is 0 Å². The Hall–Kier alpha value is -1.49. The standard InChI is InChI=1S/C8H4FNO2S/c9-4-2-1-3-5-6(4)13-7(10-5)8(11)12/h1-3H,(H,11,12). The van der Waals surface area contributed by atoms with E-state index in [9.17, 15) is 9.18 Å². The second-order valence-electron chi connectivity index (χ2n) is 2.41. The Morgan fingerprint density at radius 3 is 2.92 bits per heavy atom. The molecule has 3 nitrogen and oxygen atoms in total. The highest BCUT2D eigenvalue weighted by atomic mass is 32.1. The van der Waals surface area contributed by atoms with E-state index in [0.717, 1.165) is 11.3 Å². The average Bonchev–Trinajstić information content (AvgIpc) is 2.49. The minimum Gasteiger partial charge on any atom is -0.476 e. The Balaban J connectivity index is 2.75. The smallest absolute Gasteiger partial charge is 0.365 e. The number of thiazole rings is 1. The molecule has 0 aliphatic carbocycles. The van der Waals surface area contributed by atoms with E-state index in [4.69, 9.17) is 5.11 Å². The average molecular weight is 197 g/mol. The first kappa shape index (κ1) is 8.12. The molecule has 1 aromatic heterocycles. The first-order valence-corrected chi connectivity index (χ1v) is 4.28. The van der Waals surface area contributed by atoms with E-state index < -0.39 is 11.8 Å². The van der Waals surface area contributed by atoms with Crippen molar-refractivity contribution in [1.29, 1.82) is 0 Å². The first-order valence-electron chi connectivity index (χ1n) is 3.47. The van der Waals surface area contributed by atoms with Crippen LogP contribution in [0.1, 0.15) is 9.80 Å². The Morgan fingerprint density at radius 2 is 2.31 bits per heavy atom. The molecule has 0 saturated heterocycles. The first-order chi connectivity index (χ1) is 6.18. The monoisotopic (exact) mass is 197 g/mol. The topological polar surface area (TPSA) is 50.2 Å². The van der Waals surface area contributed by atoms with E-state index in [-0.39, 0.29) is 5.01 Å². The molecule has 66 valence electrons. The molecular weight excluding hydrogens is 193 g/mol. The number of rotatable bonds is 1. The number of benzene rings is 1. The summed E-state index contributed by atoms with van der Waals surface area (Å²) >= 11 is 0.846. The Labute approximate surface area is 76.5 Å². The van der Waals surface area contributed by atoms with Gasteiger partial charge in [0.15, 0.2) is 0 Å². The molecule has 0 fully saturated rings. The van der Waals surface area contributed by atoms with Gasteiger partial charge in [-0.15, -0.1) is 11.3 Å². The van der Waals surface area contributed by atoms with Gasteiger partial charge in [-0.2, -0.15) is 0 Å². The SMILES string of the molecule is O=C(O)c1nc2cccc(F)c2s1. The molecule has 0 saturated carbocycles. The molecule has 1 heterocycles. The van der Waals surface area contributed by atoms with Crippen molar-refractivity contribution in [2.45, 2.75) is 0 Å². The number of carboxylic acid groups (broad SMARTS) is 1. The lowest BCUT2D eigenvalue weighted by molar-refractivity contribution is 0.0696. The normalized spacial score (nSPS) is 10.5. The fourth-order valence-electron chi connectivity index (χ4n) is 1.01. The van der Waals surface area contributed by atoms with E-state index in [2.05, 4.69) is 4.98 Å². The van der Waals surface area contributed by atoms with Crippen LogP contribution in [0.3, 0.4) is 0 Å². The summed E-state index contributed by atoms with van der Waals surface area (Å²) in [5, 5.41) is 8.52. The quantitative estimate of drug-likeness (QED) is 0.761. The fraction of sp³-hybridized carbons (Fsp3) is 0. The number of aromatic nitrogens is 1. The molecule has 0 bridgehead atoms. The zero-order valence-electron chi connectivity index (χ0n) is 6.32. The maximum Gasteiger partial charge on any atom is 0.365 e. The van der Waals surface area contributed by atoms with Crippen molar-refractivity contribution in [1.82, 2.24) is 4.98 Å². The molecule has 2 rings (SSSR count). The van der Waals surface area contributed by atoms with E-state index in [0.29, 0.717) is 10.2 Å². The summed E-state index contributed by atoms with van der Waals surface area (Å²) in [4.78, 5) is 14.3. The zero-order chi connectivity index (χ0) is 9.42. The lowest BCUT2D eigenvalue weighted by atomic mass is 10.3. The molecule has 1 N–H and O–H groups in total. The predicted molar refractivity (Wildman–Crippen MR) is 46.5 cm³/mol. The number of halogens is 1. The van der Waals surface area contributed by atoms with E-state index in [1.54, 1.807) is 6.07 Å². The number of carboxylic acids is 1. The third kappa shape index (κ3) is 1.27. The minimum absolute atomic E-state index is 0.0832. The maximum absolute atomic E-state index is 13.0. The van der Waals surface area contributed by atoms with Crippen LogP contribution in [0.15, 0.2) is 18.2 Å². The van der Waals surface area contributed by atoms with E-state index in [1.165, 1.54) is 12.1 Å². The maximum atomic E-state index is 13.0. The van der Waals surface area contributed by atoms with E-state index >= 15 is 0 Å². The van der Waals surface area contributed by atoms with Gasteiger partial charge in [-0.05, 0) is 12.1 Å². The minimum atomic E-state index is -1.12. The van der Waals surface area contributed by atoms with Crippen LogP contribution in [0.2, 0.25) is 0 Å². The summed E-state index contributed by atoms with van der Waals surface area (Å²) in [5.74, 6) is -1.55.